The molecule has 0 spiro atoms. The van der Waals surface area contributed by atoms with Crippen LogP contribution >= 0.6 is 11.3 Å². The molecule has 2 rings (SSSR count). The molecule has 1 aromatic carbocycles. The molecular formula is C14H19N3OS. The standard InChI is InChI=1S/C14H19N3OS/c1-14(2,15)8-7-12(18)16-9-13-17-10-5-3-4-6-11(10)19-13/h3-6H,7-9,15H2,1-2H3,(H,16,18). The number of fused-ring (bicyclic) bond motifs is 1. The summed E-state index contributed by atoms with van der Waals surface area (Å²) in [4.78, 5) is 16.2. The number of amides is 1. The number of nitrogens with one attached hydrogen (secondary N) is 1. The van der Waals surface area contributed by atoms with Crippen LogP contribution in [-0.2, 0) is 11.3 Å². The molecule has 1 aromatic heterocycles. The molecule has 0 aliphatic rings. The fourth-order valence-corrected chi connectivity index (χ4v) is 2.60. The molecule has 2 aromatic rings. The van der Waals surface area contributed by atoms with Gasteiger partial charge in [0, 0.05) is 12.0 Å². The van der Waals surface area contributed by atoms with Crippen molar-refractivity contribution in [2.45, 2.75) is 38.8 Å². The maximum absolute atomic E-state index is 11.7. The summed E-state index contributed by atoms with van der Waals surface area (Å²) in [6.07, 6.45) is 1.13. The van der Waals surface area contributed by atoms with Crippen molar-refractivity contribution in [1.29, 1.82) is 0 Å². The summed E-state index contributed by atoms with van der Waals surface area (Å²) in [6, 6.07) is 7.98. The SMILES string of the molecule is CC(C)(N)CCC(=O)NCc1nc2ccccc2s1. The highest BCUT2D eigenvalue weighted by Gasteiger charge is 2.13. The topological polar surface area (TPSA) is 68.0 Å². The summed E-state index contributed by atoms with van der Waals surface area (Å²) >= 11 is 1.61. The van der Waals surface area contributed by atoms with E-state index in [1.165, 1.54) is 0 Å². The number of para-hydroxylation sites is 1. The average Bonchev–Trinajstić information content (AvgIpc) is 2.75. The predicted octanol–water partition coefficient (Wildman–Crippen LogP) is 2.43. The molecule has 0 aliphatic carbocycles. The van der Waals surface area contributed by atoms with E-state index in [9.17, 15) is 4.79 Å². The maximum Gasteiger partial charge on any atom is 0.220 e. The van der Waals surface area contributed by atoms with Crippen molar-refractivity contribution >= 4 is 27.5 Å². The van der Waals surface area contributed by atoms with E-state index in [1.54, 1.807) is 11.3 Å². The zero-order valence-corrected chi connectivity index (χ0v) is 12.1. The number of nitrogens with zero attached hydrogens (tertiary/aromatic N) is 1. The molecular weight excluding hydrogens is 258 g/mol. The van der Waals surface area contributed by atoms with E-state index in [-0.39, 0.29) is 11.4 Å². The fraction of sp³-hybridized carbons (Fsp3) is 0.429. The first kappa shape index (κ1) is 14.0. The van der Waals surface area contributed by atoms with Crippen LogP contribution in [0, 0.1) is 0 Å². The maximum atomic E-state index is 11.7. The molecule has 19 heavy (non-hydrogen) atoms. The van der Waals surface area contributed by atoms with Gasteiger partial charge in [-0.25, -0.2) is 4.98 Å². The van der Waals surface area contributed by atoms with E-state index in [0.29, 0.717) is 19.4 Å². The summed E-state index contributed by atoms with van der Waals surface area (Å²) in [5.74, 6) is 0.0257. The molecule has 0 bridgehead atoms. The smallest absolute Gasteiger partial charge is 0.220 e. The molecule has 3 N–H and O–H groups in total. The number of rotatable bonds is 5. The monoisotopic (exact) mass is 277 g/mol. The van der Waals surface area contributed by atoms with Crippen molar-refractivity contribution in [3.05, 3.63) is 29.3 Å². The van der Waals surface area contributed by atoms with E-state index >= 15 is 0 Å². The molecule has 0 saturated heterocycles. The lowest BCUT2D eigenvalue weighted by Crippen LogP contribution is -2.34. The Bertz CT molecular complexity index is 538. The Labute approximate surface area is 117 Å². The summed E-state index contributed by atoms with van der Waals surface area (Å²) < 4.78 is 1.15. The van der Waals surface area contributed by atoms with Gasteiger partial charge in [0.05, 0.1) is 16.8 Å². The zero-order chi connectivity index (χ0) is 13.9. The Kier molecular flexibility index (Phi) is 4.17. The van der Waals surface area contributed by atoms with Crippen LogP contribution in [0.3, 0.4) is 0 Å². The van der Waals surface area contributed by atoms with E-state index in [1.807, 2.05) is 38.1 Å². The Hall–Kier alpha value is -1.46. The molecule has 0 saturated carbocycles. The Morgan fingerprint density at radius 3 is 2.84 bits per heavy atom. The van der Waals surface area contributed by atoms with Crippen molar-refractivity contribution < 1.29 is 4.79 Å². The minimum atomic E-state index is -0.298. The molecule has 0 atom stereocenters. The largest absolute Gasteiger partial charge is 0.350 e. The zero-order valence-electron chi connectivity index (χ0n) is 11.3. The first-order chi connectivity index (χ1) is 8.94. The van der Waals surface area contributed by atoms with Crippen molar-refractivity contribution in [1.82, 2.24) is 10.3 Å². The summed E-state index contributed by atoms with van der Waals surface area (Å²) in [7, 11) is 0. The van der Waals surface area contributed by atoms with Crippen LogP contribution in [0.4, 0.5) is 0 Å². The minimum Gasteiger partial charge on any atom is -0.350 e. The average molecular weight is 277 g/mol. The second kappa shape index (κ2) is 5.67. The number of carbonyl (C=O) groups excluding carboxylic acids is 1. The highest BCUT2D eigenvalue weighted by atomic mass is 32.1. The number of benzene rings is 1. The van der Waals surface area contributed by atoms with Crippen molar-refractivity contribution in [3.8, 4) is 0 Å². The number of hydrogen-bond donors (Lipinski definition) is 2. The highest BCUT2D eigenvalue weighted by molar-refractivity contribution is 7.18. The second-order valence-electron chi connectivity index (χ2n) is 5.34. The van der Waals surface area contributed by atoms with Gasteiger partial charge >= 0.3 is 0 Å². The van der Waals surface area contributed by atoms with Crippen LogP contribution in [0.25, 0.3) is 10.2 Å². The van der Waals surface area contributed by atoms with Gasteiger partial charge in [-0.1, -0.05) is 12.1 Å². The summed E-state index contributed by atoms with van der Waals surface area (Å²) in [5, 5.41) is 3.82. The lowest BCUT2D eigenvalue weighted by molar-refractivity contribution is -0.121. The van der Waals surface area contributed by atoms with Crippen LogP contribution in [-0.4, -0.2) is 16.4 Å². The lowest BCUT2D eigenvalue weighted by atomic mass is 10.00. The van der Waals surface area contributed by atoms with E-state index in [0.717, 1.165) is 15.2 Å². The van der Waals surface area contributed by atoms with E-state index in [2.05, 4.69) is 10.3 Å². The first-order valence-corrected chi connectivity index (χ1v) is 7.16. The van der Waals surface area contributed by atoms with Crippen molar-refractivity contribution in [2.24, 2.45) is 5.73 Å². The van der Waals surface area contributed by atoms with Gasteiger partial charge in [-0.05, 0) is 32.4 Å². The quantitative estimate of drug-likeness (QED) is 0.882. The van der Waals surface area contributed by atoms with Gasteiger partial charge in [-0.2, -0.15) is 0 Å². The van der Waals surface area contributed by atoms with Gasteiger partial charge in [-0.15, -0.1) is 11.3 Å². The molecule has 5 heteroatoms. The van der Waals surface area contributed by atoms with Crippen LogP contribution < -0.4 is 11.1 Å². The van der Waals surface area contributed by atoms with Gasteiger partial charge in [-0.3, -0.25) is 4.79 Å². The Morgan fingerprint density at radius 2 is 2.16 bits per heavy atom. The third-order valence-electron chi connectivity index (χ3n) is 2.77. The van der Waals surface area contributed by atoms with Gasteiger partial charge in [0.15, 0.2) is 0 Å². The van der Waals surface area contributed by atoms with Crippen LogP contribution in [0.15, 0.2) is 24.3 Å². The molecule has 1 amide bonds. The minimum absolute atomic E-state index is 0.0257. The van der Waals surface area contributed by atoms with Gasteiger partial charge in [0.1, 0.15) is 5.01 Å². The molecule has 102 valence electrons. The summed E-state index contributed by atoms with van der Waals surface area (Å²) in [6.45, 7) is 4.34. The fourth-order valence-electron chi connectivity index (χ4n) is 1.69. The second-order valence-corrected chi connectivity index (χ2v) is 6.46. The van der Waals surface area contributed by atoms with Crippen molar-refractivity contribution in [2.75, 3.05) is 0 Å². The Morgan fingerprint density at radius 1 is 1.42 bits per heavy atom. The number of nitrogens with two attached hydrogens (primary N) is 1. The van der Waals surface area contributed by atoms with Crippen LogP contribution in [0.2, 0.25) is 0 Å². The number of thiazole rings is 1. The van der Waals surface area contributed by atoms with Crippen molar-refractivity contribution in [3.63, 3.8) is 0 Å². The lowest BCUT2D eigenvalue weighted by Gasteiger charge is -2.17. The number of hydrogen-bond acceptors (Lipinski definition) is 4. The van der Waals surface area contributed by atoms with E-state index in [4.69, 9.17) is 5.73 Å². The number of aromatic nitrogens is 1. The third-order valence-corrected chi connectivity index (χ3v) is 3.81. The Balaban J connectivity index is 1.86. The molecule has 1 heterocycles. The van der Waals surface area contributed by atoms with Gasteiger partial charge in [0.25, 0.3) is 0 Å². The van der Waals surface area contributed by atoms with Crippen LogP contribution in [0.5, 0.6) is 0 Å². The first-order valence-electron chi connectivity index (χ1n) is 6.34. The van der Waals surface area contributed by atoms with E-state index < -0.39 is 0 Å². The molecule has 4 nitrogen and oxygen atoms in total. The molecule has 0 unspecified atom stereocenters. The molecule has 0 radical (unpaired) electrons. The highest BCUT2D eigenvalue weighted by Crippen LogP contribution is 2.21. The van der Waals surface area contributed by atoms with Gasteiger partial charge in [0.2, 0.25) is 5.91 Å². The predicted molar refractivity (Wildman–Crippen MR) is 79.0 cm³/mol. The third kappa shape index (κ3) is 4.29. The normalized spacial score (nSPS) is 11.7. The molecule has 0 aliphatic heterocycles. The van der Waals surface area contributed by atoms with Gasteiger partial charge < -0.3 is 11.1 Å². The number of carbonyl (C=O) groups is 1. The summed E-state index contributed by atoms with van der Waals surface area (Å²) in [5.41, 5.74) is 6.54. The van der Waals surface area contributed by atoms with Crippen LogP contribution in [0.1, 0.15) is 31.7 Å². The molecule has 0 fully saturated rings.